The lowest BCUT2D eigenvalue weighted by molar-refractivity contribution is -0.133. The van der Waals surface area contributed by atoms with Gasteiger partial charge in [-0.15, -0.1) is 0 Å². The molecule has 1 aromatic carbocycles. The van der Waals surface area contributed by atoms with Gasteiger partial charge in [0, 0.05) is 38.3 Å². The Bertz CT molecular complexity index is 803. The monoisotopic (exact) mass is 380 g/mol. The molecule has 0 bridgehead atoms. The van der Waals surface area contributed by atoms with Gasteiger partial charge in [-0.3, -0.25) is 14.2 Å². The van der Waals surface area contributed by atoms with Crippen LogP contribution in [0.3, 0.4) is 0 Å². The molecule has 1 saturated carbocycles. The number of rotatable bonds is 5. The van der Waals surface area contributed by atoms with Crippen molar-refractivity contribution in [3.8, 4) is 5.69 Å². The van der Waals surface area contributed by atoms with Crippen molar-refractivity contribution in [3.63, 3.8) is 0 Å². The average molecular weight is 380 g/mol. The number of carbonyl (C=O) groups is 2. The predicted octanol–water partition coefficient (Wildman–Crippen LogP) is 3.13. The zero-order chi connectivity index (χ0) is 19.3. The van der Waals surface area contributed by atoms with E-state index in [4.69, 9.17) is 0 Å². The van der Waals surface area contributed by atoms with Crippen LogP contribution in [0.15, 0.2) is 42.9 Å². The highest BCUT2D eigenvalue weighted by atomic mass is 16.2. The van der Waals surface area contributed by atoms with E-state index in [-0.39, 0.29) is 11.8 Å². The number of nitrogens with zero attached hydrogens (tertiary/aromatic N) is 4. The minimum atomic E-state index is -0.0283. The molecular weight excluding hydrogens is 352 g/mol. The molecule has 0 N–H and O–H groups in total. The summed E-state index contributed by atoms with van der Waals surface area (Å²) in [4.78, 5) is 33.4. The summed E-state index contributed by atoms with van der Waals surface area (Å²) in [5.74, 6) is 0.956. The van der Waals surface area contributed by atoms with E-state index in [0.29, 0.717) is 38.3 Å². The number of hydrogen-bond acceptors (Lipinski definition) is 3. The third kappa shape index (κ3) is 4.11. The number of para-hydroxylation sites is 1. The van der Waals surface area contributed by atoms with E-state index in [9.17, 15) is 9.59 Å². The number of benzene rings is 1. The number of amides is 2. The van der Waals surface area contributed by atoms with Gasteiger partial charge in [0.25, 0.3) is 5.91 Å². The Morgan fingerprint density at radius 2 is 1.64 bits per heavy atom. The molecule has 1 saturated heterocycles. The average Bonchev–Trinajstić information content (AvgIpc) is 3.44. The fourth-order valence-corrected chi connectivity index (χ4v) is 4.35. The van der Waals surface area contributed by atoms with Crippen molar-refractivity contribution in [1.29, 1.82) is 0 Å². The van der Waals surface area contributed by atoms with E-state index >= 15 is 0 Å². The van der Waals surface area contributed by atoms with Crippen LogP contribution in [0.2, 0.25) is 0 Å². The van der Waals surface area contributed by atoms with Gasteiger partial charge in [0.05, 0.1) is 12.5 Å². The fraction of sp³-hybridized carbons (Fsp3) is 0.500. The van der Waals surface area contributed by atoms with Crippen molar-refractivity contribution < 1.29 is 9.59 Å². The van der Waals surface area contributed by atoms with Crippen molar-refractivity contribution in [2.24, 2.45) is 5.92 Å². The summed E-state index contributed by atoms with van der Waals surface area (Å²) in [6.07, 6.45) is 10.2. The second-order valence-electron chi connectivity index (χ2n) is 7.85. The smallest absolute Gasteiger partial charge is 0.272 e. The van der Waals surface area contributed by atoms with Crippen molar-refractivity contribution >= 4 is 11.8 Å². The minimum absolute atomic E-state index is 0.0283. The van der Waals surface area contributed by atoms with Gasteiger partial charge in [-0.2, -0.15) is 0 Å². The van der Waals surface area contributed by atoms with Gasteiger partial charge in [-0.25, -0.2) is 4.98 Å². The van der Waals surface area contributed by atoms with Crippen LogP contribution in [-0.2, 0) is 4.79 Å². The molecule has 0 spiro atoms. The molecule has 2 heterocycles. The molecule has 148 valence electrons. The van der Waals surface area contributed by atoms with E-state index in [2.05, 4.69) is 4.98 Å². The largest absolute Gasteiger partial charge is 0.339 e. The second-order valence-corrected chi connectivity index (χ2v) is 7.85. The maximum Gasteiger partial charge on any atom is 0.272 e. The first-order valence-electron chi connectivity index (χ1n) is 10.4. The predicted molar refractivity (Wildman–Crippen MR) is 107 cm³/mol. The fourth-order valence-electron chi connectivity index (χ4n) is 4.35. The summed E-state index contributed by atoms with van der Waals surface area (Å²) < 4.78 is 1.82. The van der Waals surface area contributed by atoms with E-state index in [1.165, 1.54) is 25.7 Å². The minimum Gasteiger partial charge on any atom is -0.339 e. The molecule has 0 unspecified atom stereocenters. The van der Waals surface area contributed by atoms with E-state index in [1.54, 1.807) is 12.5 Å². The molecule has 28 heavy (non-hydrogen) atoms. The quantitative estimate of drug-likeness (QED) is 0.801. The number of hydrogen-bond donors (Lipinski definition) is 0. The first-order valence-corrected chi connectivity index (χ1v) is 10.4. The Morgan fingerprint density at radius 3 is 2.36 bits per heavy atom. The maximum atomic E-state index is 13.0. The van der Waals surface area contributed by atoms with E-state index in [0.717, 1.165) is 18.0 Å². The Kier molecular flexibility index (Phi) is 5.74. The first-order chi connectivity index (χ1) is 13.7. The molecule has 6 heteroatoms. The Hall–Kier alpha value is -2.63. The standard InChI is InChI=1S/C22H28N4O2/c27-21(11-10-18-6-4-5-7-18)24-12-14-25(15-13-24)22(28)20-16-23-17-26(20)19-8-2-1-3-9-19/h1-3,8-9,16-18H,4-7,10-15H2. The second kappa shape index (κ2) is 8.59. The molecule has 4 rings (SSSR count). The maximum absolute atomic E-state index is 13.0. The highest BCUT2D eigenvalue weighted by Crippen LogP contribution is 2.28. The van der Waals surface area contributed by atoms with Gasteiger partial charge >= 0.3 is 0 Å². The lowest BCUT2D eigenvalue weighted by Crippen LogP contribution is -2.50. The van der Waals surface area contributed by atoms with Crippen molar-refractivity contribution in [3.05, 3.63) is 48.5 Å². The van der Waals surface area contributed by atoms with Crippen LogP contribution < -0.4 is 0 Å². The SMILES string of the molecule is O=C(CCC1CCCC1)N1CCN(C(=O)c2cncn2-c2ccccc2)CC1. The number of aromatic nitrogens is 2. The molecule has 2 amide bonds. The molecule has 0 atom stereocenters. The van der Waals surface area contributed by atoms with Gasteiger partial charge < -0.3 is 9.80 Å². The molecule has 1 aliphatic carbocycles. The van der Waals surface area contributed by atoms with Gasteiger partial charge in [-0.1, -0.05) is 43.9 Å². The molecule has 2 aliphatic rings. The third-order valence-corrected chi connectivity index (χ3v) is 6.05. The van der Waals surface area contributed by atoms with Crippen LogP contribution in [-0.4, -0.2) is 57.3 Å². The van der Waals surface area contributed by atoms with Gasteiger partial charge in [-0.05, 0) is 24.5 Å². The van der Waals surface area contributed by atoms with Crippen molar-refractivity contribution in [2.75, 3.05) is 26.2 Å². The summed E-state index contributed by atoms with van der Waals surface area (Å²) in [7, 11) is 0. The molecule has 1 aromatic heterocycles. The van der Waals surface area contributed by atoms with Gasteiger partial charge in [0.2, 0.25) is 5.91 Å². The van der Waals surface area contributed by atoms with Crippen LogP contribution in [0.1, 0.15) is 49.0 Å². The van der Waals surface area contributed by atoms with Crippen molar-refractivity contribution in [2.45, 2.75) is 38.5 Å². The molecular formula is C22H28N4O2. The lowest BCUT2D eigenvalue weighted by atomic mass is 10.0. The first kappa shape index (κ1) is 18.7. The van der Waals surface area contributed by atoms with Crippen LogP contribution in [0.25, 0.3) is 5.69 Å². The number of imidazole rings is 1. The van der Waals surface area contributed by atoms with E-state index < -0.39 is 0 Å². The number of piperazine rings is 1. The zero-order valence-corrected chi connectivity index (χ0v) is 16.3. The number of carbonyl (C=O) groups excluding carboxylic acids is 2. The molecule has 2 fully saturated rings. The highest BCUT2D eigenvalue weighted by molar-refractivity contribution is 5.93. The topological polar surface area (TPSA) is 58.4 Å². The van der Waals surface area contributed by atoms with Crippen LogP contribution in [0.4, 0.5) is 0 Å². The molecule has 0 radical (unpaired) electrons. The molecule has 2 aromatic rings. The van der Waals surface area contributed by atoms with E-state index in [1.807, 2.05) is 44.7 Å². The summed E-state index contributed by atoms with van der Waals surface area (Å²) >= 11 is 0. The summed E-state index contributed by atoms with van der Waals surface area (Å²) in [6.45, 7) is 2.39. The van der Waals surface area contributed by atoms with Gasteiger partial charge in [0.1, 0.15) is 5.69 Å². The van der Waals surface area contributed by atoms with Crippen LogP contribution in [0.5, 0.6) is 0 Å². The Labute approximate surface area is 166 Å². The van der Waals surface area contributed by atoms with Gasteiger partial charge in [0.15, 0.2) is 0 Å². The third-order valence-electron chi connectivity index (χ3n) is 6.05. The molecule has 6 nitrogen and oxygen atoms in total. The zero-order valence-electron chi connectivity index (χ0n) is 16.3. The summed E-state index contributed by atoms with van der Waals surface area (Å²) in [6, 6.07) is 9.75. The Morgan fingerprint density at radius 1 is 0.964 bits per heavy atom. The lowest BCUT2D eigenvalue weighted by Gasteiger charge is -2.35. The normalized spacial score (nSPS) is 17.9. The summed E-state index contributed by atoms with van der Waals surface area (Å²) in [5, 5.41) is 0. The summed E-state index contributed by atoms with van der Waals surface area (Å²) in [5.41, 5.74) is 1.48. The van der Waals surface area contributed by atoms with Crippen molar-refractivity contribution in [1.82, 2.24) is 19.4 Å². The Balaban J connectivity index is 1.32. The highest BCUT2D eigenvalue weighted by Gasteiger charge is 2.27. The van der Waals surface area contributed by atoms with Crippen LogP contribution >= 0.6 is 0 Å². The van der Waals surface area contributed by atoms with Crippen LogP contribution in [0, 0.1) is 5.92 Å². The molecule has 1 aliphatic heterocycles.